The molecule has 0 spiro atoms. The average molecular weight is 367 g/mol. The molecule has 1 aliphatic heterocycles. The summed E-state index contributed by atoms with van der Waals surface area (Å²) in [5.41, 5.74) is 3.40. The third-order valence-corrected chi connectivity index (χ3v) is 5.67. The Kier molecular flexibility index (Phi) is 6.64. The molecule has 1 unspecified atom stereocenters. The molecule has 0 radical (unpaired) electrons. The molecule has 3 rings (SSSR count). The smallest absolute Gasteiger partial charge is 0.236 e. The van der Waals surface area contributed by atoms with Gasteiger partial charge in [-0.25, -0.2) is 0 Å². The highest BCUT2D eigenvalue weighted by Crippen LogP contribution is 2.30. The zero-order valence-corrected chi connectivity index (χ0v) is 16.3. The summed E-state index contributed by atoms with van der Waals surface area (Å²) in [5.74, 6) is 0.420. The van der Waals surface area contributed by atoms with E-state index in [0.717, 1.165) is 31.5 Å². The molecule has 1 aliphatic rings. The van der Waals surface area contributed by atoms with E-state index < -0.39 is 6.10 Å². The summed E-state index contributed by atoms with van der Waals surface area (Å²) < 4.78 is 0. The summed E-state index contributed by atoms with van der Waals surface area (Å²) in [6, 6.07) is 18.1. The largest absolute Gasteiger partial charge is 0.388 e. The van der Waals surface area contributed by atoms with E-state index in [1.54, 1.807) is 0 Å². The van der Waals surface area contributed by atoms with Crippen molar-refractivity contribution in [3.05, 3.63) is 71.3 Å². The number of carbonyl (C=O) groups excluding carboxylic acids is 1. The Morgan fingerprint density at radius 1 is 1.11 bits per heavy atom. The van der Waals surface area contributed by atoms with Crippen molar-refractivity contribution in [3.8, 4) is 0 Å². The van der Waals surface area contributed by atoms with Crippen LogP contribution in [0, 0.1) is 12.8 Å². The van der Waals surface area contributed by atoms with Crippen LogP contribution in [0.1, 0.15) is 35.6 Å². The van der Waals surface area contributed by atoms with E-state index in [2.05, 4.69) is 24.0 Å². The van der Waals surface area contributed by atoms with Gasteiger partial charge in [0.1, 0.15) is 0 Å². The van der Waals surface area contributed by atoms with Gasteiger partial charge >= 0.3 is 0 Å². The number of amides is 1. The van der Waals surface area contributed by atoms with Gasteiger partial charge in [0.05, 0.1) is 12.6 Å². The number of hydrogen-bond donors (Lipinski definition) is 1. The Labute approximate surface area is 162 Å². The molecule has 4 heteroatoms. The number of likely N-dealkylation sites (N-methyl/N-ethyl adjacent to an activating group) is 1. The van der Waals surface area contributed by atoms with Gasteiger partial charge in [0.2, 0.25) is 5.91 Å². The van der Waals surface area contributed by atoms with Gasteiger partial charge in [-0.3, -0.25) is 9.69 Å². The number of carbonyl (C=O) groups is 1. The van der Waals surface area contributed by atoms with Crippen LogP contribution in [0.25, 0.3) is 0 Å². The van der Waals surface area contributed by atoms with Crippen LogP contribution < -0.4 is 0 Å². The summed E-state index contributed by atoms with van der Waals surface area (Å²) in [5, 5.41) is 10.6. The maximum Gasteiger partial charge on any atom is 0.236 e. The van der Waals surface area contributed by atoms with Crippen LogP contribution in [0.2, 0.25) is 0 Å². The molecule has 0 bridgehead atoms. The average Bonchev–Trinajstić information content (AvgIpc) is 2.70. The highest BCUT2D eigenvalue weighted by Gasteiger charge is 2.27. The number of aryl methyl sites for hydroxylation is 1. The zero-order chi connectivity index (χ0) is 19.2. The summed E-state index contributed by atoms with van der Waals surface area (Å²) in [6.07, 6.45) is 1.43. The Balaban J connectivity index is 1.47. The summed E-state index contributed by atoms with van der Waals surface area (Å²) >= 11 is 0. The summed E-state index contributed by atoms with van der Waals surface area (Å²) in [4.78, 5) is 16.6. The minimum Gasteiger partial charge on any atom is -0.388 e. The first-order valence-corrected chi connectivity index (χ1v) is 9.78. The molecule has 144 valence electrons. The van der Waals surface area contributed by atoms with Gasteiger partial charge in [-0.1, -0.05) is 54.6 Å². The van der Waals surface area contributed by atoms with Crippen LogP contribution >= 0.6 is 0 Å². The van der Waals surface area contributed by atoms with Crippen LogP contribution in [0.5, 0.6) is 0 Å². The van der Waals surface area contributed by atoms with Crippen molar-refractivity contribution in [3.63, 3.8) is 0 Å². The van der Waals surface area contributed by atoms with E-state index in [9.17, 15) is 9.90 Å². The van der Waals surface area contributed by atoms with Crippen LogP contribution in [0.3, 0.4) is 0 Å². The zero-order valence-electron chi connectivity index (χ0n) is 16.3. The lowest BCUT2D eigenvalue weighted by molar-refractivity contribution is -0.132. The molecule has 0 aromatic heterocycles. The molecule has 4 nitrogen and oxygen atoms in total. The third kappa shape index (κ3) is 5.18. The fourth-order valence-corrected chi connectivity index (χ4v) is 3.79. The lowest BCUT2D eigenvalue weighted by Gasteiger charge is -2.34. The van der Waals surface area contributed by atoms with E-state index in [-0.39, 0.29) is 11.8 Å². The maximum absolute atomic E-state index is 12.6. The van der Waals surface area contributed by atoms with Gasteiger partial charge in [-0.15, -0.1) is 0 Å². The Morgan fingerprint density at radius 3 is 2.41 bits per heavy atom. The van der Waals surface area contributed by atoms with Gasteiger partial charge < -0.3 is 10.0 Å². The third-order valence-electron chi connectivity index (χ3n) is 5.67. The fourth-order valence-electron chi connectivity index (χ4n) is 3.79. The number of piperidine rings is 1. The molecule has 2 aromatic carbocycles. The van der Waals surface area contributed by atoms with E-state index >= 15 is 0 Å². The van der Waals surface area contributed by atoms with Crippen molar-refractivity contribution in [2.75, 3.05) is 26.7 Å². The molecular weight excluding hydrogens is 336 g/mol. The Bertz CT molecular complexity index is 739. The molecule has 1 fully saturated rings. The minimum absolute atomic E-state index is 0.153. The molecule has 2 aromatic rings. The normalized spacial score (nSPS) is 16.9. The molecule has 1 atom stereocenters. The predicted octanol–water partition coefficient (Wildman–Crippen LogP) is 3.40. The molecule has 1 heterocycles. The topological polar surface area (TPSA) is 43.8 Å². The second-order valence-electron chi connectivity index (χ2n) is 7.65. The van der Waals surface area contributed by atoms with Gasteiger partial charge in [0.25, 0.3) is 0 Å². The number of aliphatic hydroxyl groups is 1. The lowest BCUT2D eigenvalue weighted by Crippen LogP contribution is -2.42. The first-order chi connectivity index (χ1) is 13.0. The second kappa shape index (κ2) is 9.16. The maximum atomic E-state index is 12.6. The van der Waals surface area contributed by atoms with Crippen molar-refractivity contribution in [1.29, 1.82) is 0 Å². The predicted molar refractivity (Wildman–Crippen MR) is 108 cm³/mol. The van der Waals surface area contributed by atoms with Crippen molar-refractivity contribution in [2.24, 2.45) is 5.92 Å². The Morgan fingerprint density at radius 2 is 1.74 bits per heavy atom. The van der Waals surface area contributed by atoms with E-state index in [0.29, 0.717) is 13.1 Å². The molecule has 0 aliphatic carbocycles. The molecular formula is C23H30N2O2. The highest BCUT2D eigenvalue weighted by molar-refractivity contribution is 5.78. The number of likely N-dealkylation sites (tertiary alicyclic amines) is 1. The minimum atomic E-state index is -0.409. The number of aliphatic hydroxyl groups excluding tert-OH is 1. The second-order valence-corrected chi connectivity index (χ2v) is 7.65. The molecule has 0 saturated carbocycles. The van der Waals surface area contributed by atoms with Gasteiger partial charge in [0, 0.05) is 13.6 Å². The van der Waals surface area contributed by atoms with Gasteiger partial charge in [-0.05, 0) is 55.5 Å². The van der Waals surface area contributed by atoms with Crippen LogP contribution in [0.4, 0.5) is 0 Å². The first-order valence-electron chi connectivity index (χ1n) is 9.78. The molecule has 1 amide bonds. The van der Waals surface area contributed by atoms with E-state index in [4.69, 9.17) is 0 Å². The lowest BCUT2D eigenvalue weighted by atomic mass is 9.87. The van der Waals surface area contributed by atoms with Crippen LogP contribution in [-0.4, -0.2) is 47.5 Å². The quantitative estimate of drug-likeness (QED) is 0.852. The van der Waals surface area contributed by atoms with Gasteiger partial charge in [0.15, 0.2) is 0 Å². The SMILES string of the molecule is Cc1ccccc1CN(C)C(=O)CN1CCC(C(O)c2ccccc2)CC1. The number of rotatable bonds is 6. The standard InChI is InChI=1S/C23H30N2O2/c1-18-8-6-7-11-21(18)16-24(2)22(26)17-25-14-12-20(13-15-25)23(27)19-9-4-3-5-10-19/h3-11,20,23,27H,12-17H2,1-2H3. The number of hydrogen-bond acceptors (Lipinski definition) is 3. The van der Waals surface area contributed by atoms with Gasteiger partial charge in [-0.2, -0.15) is 0 Å². The van der Waals surface area contributed by atoms with Crippen LogP contribution in [-0.2, 0) is 11.3 Å². The van der Waals surface area contributed by atoms with Crippen molar-refractivity contribution in [2.45, 2.75) is 32.4 Å². The number of nitrogens with zero attached hydrogens (tertiary/aromatic N) is 2. The molecule has 27 heavy (non-hydrogen) atoms. The van der Waals surface area contributed by atoms with E-state index in [1.807, 2.05) is 54.4 Å². The first kappa shape index (κ1) is 19.6. The van der Waals surface area contributed by atoms with Crippen molar-refractivity contribution >= 4 is 5.91 Å². The fraction of sp³-hybridized carbons (Fsp3) is 0.435. The van der Waals surface area contributed by atoms with Crippen LogP contribution in [0.15, 0.2) is 54.6 Å². The number of benzene rings is 2. The summed E-state index contributed by atoms with van der Waals surface area (Å²) in [6.45, 7) is 4.90. The van der Waals surface area contributed by atoms with Crippen molar-refractivity contribution < 1.29 is 9.90 Å². The monoisotopic (exact) mass is 366 g/mol. The molecule has 1 N–H and O–H groups in total. The van der Waals surface area contributed by atoms with E-state index in [1.165, 1.54) is 11.1 Å². The summed E-state index contributed by atoms with van der Waals surface area (Å²) in [7, 11) is 1.88. The Hall–Kier alpha value is -2.17. The highest BCUT2D eigenvalue weighted by atomic mass is 16.3. The van der Waals surface area contributed by atoms with Crippen molar-refractivity contribution in [1.82, 2.24) is 9.80 Å². The molecule has 1 saturated heterocycles.